The van der Waals surface area contributed by atoms with Crippen molar-refractivity contribution in [3.8, 4) is 0 Å². The van der Waals surface area contributed by atoms with Gasteiger partial charge in [0.05, 0.1) is 19.3 Å². The minimum atomic E-state index is -1.67. The second-order valence-electron chi connectivity index (χ2n) is 7.32. The van der Waals surface area contributed by atoms with E-state index in [0.717, 1.165) is 10.3 Å². The van der Waals surface area contributed by atoms with Crippen molar-refractivity contribution in [2.45, 2.75) is 39.5 Å². The largest absolute Gasteiger partial charge is 0.464 e. The van der Waals surface area contributed by atoms with E-state index in [4.69, 9.17) is 9.15 Å². The number of ether oxygens (including phenoxy) is 1. The summed E-state index contributed by atoms with van der Waals surface area (Å²) in [5.41, 5.74) is 7.99. The number of carbonyl (C=O) groups is 4. The number of esters is 1. The van der Waals surface area contributed by atoms with Gasteiger partial charge in [-0.25, -0.2) is 4.79 Å². The van der Waals surface area contributed by atoms with Crippen LogP contribution >= 0.6 is 0 Å². The lowest BCUT2D eigenvalue weighted by molar-refractivity contribution is -0.159. The summed E-state index contributed by atoms with van der Waals surface area (Å²) in [6.45, 7) is 3.29. The number of hydrogen-bond acceptors (Lipinski definition) is 6. The van der Waals surface area contributed by atoms with Crippen molar-refractivity contribution >= 4 is 40.2 Å². The highest BCUT2D eigenvalue weighted by Crippen LogP contribution is 2.36. The normalized spacial score (nSPS) is 18.5. The van der Waals surface area contributed by atoms with Crippen molar-refractivity contribution in [1.82, 2.24) is 4.90 Å². The maximum atomic E-state index is 13.3. The molecule has 1 unspecified atom stereocenters. The Hall–Kier alpha value is -3.58. The average Bonchev–Trinajstić information content (AvgIpc) is 3.17. The Morgan fingerprint density at radius 2 is 2.00 bits per heavy atom. The van der Waals surface area contributed by atoms with Gasteiger partial charge in [0.15, 0.2) is 0 Å². The summed E-state index contributed by atoms with van der Waals surface area (Å²) < 4.78 is 10.2. The van der Waals surface area contributed by atoms with Crippen molar-refractivity contribution in [3.05, 3.63) is 41.6 Å². The molecule has 9 nitrogen and oxygen atoms in total. The van der Waals surface area contributed by atoms with Gasteiger partial charge in [-0.05, 0) is 32.3 Å². The molecule has 31 heavy (non-hydrogen) atoms. The van der Waals surface area contributed by atoms with Crippen LogP contribution in [-0.2, 0) is 30.3 Å². The number of carbonyl (C=O) groups excluding carboxylic acids is 4. The number of nitrogens with zero attached hydrogens (tertiary/aromatic N) is 3. The minimum absolute atomic E-state index is 0.0263. The number of rotatable bonds is 7. The number of furan rings is 1. The number of para-hydroxylation sites is 1. The number of fused-ring (bicyclic) bond motifs is 1. The first-order valence-corrected chi connectivity index (χ1v) is 10.1. The fraction of sp³-hybridized carbons (Fsp3) is 0.409. The van der Waals surface area contributed by atoms with Crippen LogP contribution in [0.4, 0.5) is 0 Å². The molecule has 0 radical (unpaired) electrons. The van der Waals surface area contributed by atoms with Gasteiger partial charge < -0.3 is 14.7 Å². The van der Waals surface area contributed by atoms with E-state index in [1.807, 2.05) is 18.2 Å². The third kappa shape index (κ3) is 3.92. The van der Waals surface area contributed by atoms with Gasteiger partial charge in [0.2, 0.25) is 11.8 Å². The van der Waals surface area contributed by atoms with Crippen molar-refractivity contribution < 1.29 is 33.1 Å². The van der Waals surface area contributed by atoms with Crippen LogP contribution < -0.4 is 0 Å². The summed E-state index contributed by atoms with van der Waals surface area (Å²) in [4.78, 5) is 55.3. The van der Waals surface area contributed by atoms with E-state index in [1.165, 1.54) is 6.26 Å². The number of ketones is 1. The van der Waals surface area contributed by atoms with E-state index >= 15 is 0 Å². The maximum Gasteiger partial charge on any atom is 0.442 e. The van der Waals surface area contributed by atoms with E-state index in [1.54, 1.807) is 19.9 Å². The smallest absolute Gasteiger partial charge is 0.442 e. The molecule has 9 heteroatoms. The van der Waals surface area contributed by atoms with Gasteiger partial charge in [0, 0.05) is 17.5 Å². The molecule has 0 saturated carbocycles. The molecule has 1 atom stereocenters. The molecular formula is C22H23N3O6. The van der Waals surface area contributed by atoms with Gasteiger partial charge in [0.1, 0.15) is 11.0 Å². The van der Waals surface area contributed by atoms with Crippen LogP contribution in [-0.4, -0.2) is 52.1 Å². The first-order valence-electron chi connectivity index (χ1n) is 10.1. The SMILES string of the molecule is CCOC(=O)C(=[N+]=[N-])C(=O)C1(CC)CCCN(C(=O)Cc2coc3ccccc23)C1=O. The van der Waals surface area contributed by atoms with Gasteiger partial charge in [0.25, 0.3) is 5.78 Å². The average molecular weight is 425 g/mol. The Morgan fingerprint density at radius 3 is 2.68 bits per heavy atom. The predicted molar refractivity (Wildman–Crippen MR) is 109 cm³/mol. The van der Waals surface area contributed by atoms with Crippen LogP contribution in [0.15, 0.2) is 34.9 Å². The summed E-state index contributed by atoms with van der Waals surface area (Å²) in [6.07, 6.45) is 1.96. The fourth-order valence-corrected chi connectivity index (χ4v) is 3.98. The van der Waals surface area contributed by atoms with Crippen molar-refractivity contribution in [2.75, 3.05) is 13.2 Å². The summed E-state index contributed by atoms with van der Waals surface area (Å²) in [7, 11) is 0. The summed E-state index contributed by atoms with van der Waals surface area (Å²) in [5.74, 6) is -3.22. The Bertz CT molecular complexity index is 1100. The maximum absolute atomic E-state index is 13.3. The second-order valence-corrected chi connectivity index (χ2v) is 7.32. The van der Waals surface area contributed by atoms with Crippen LogP contribution in [0, 0.1) is 5.41 Å². The van der Waals surface area contributed by atoms with Crippen molar-refractivity contribution in [1.29, 1.82) is 0 Å². The lowest BCUT2D eigenvalue weighted by Crippen LogP contribution is -2.57. The van der Waals surface area contributed by atoms with E-state index in [2.05, 4.69) is 4.79 Å². The number of benzene rings is 1. The van der Waals surface area contributed by atoms with Gasteiger partial charge in [-0.3, -0.25) is 19.3 Å². The molecule has 0 aliphatic carbocycles. The number of likely N-dealkylation sites (tertiary alicyclic amines) is 1. The Labute approximate surface area is 178 Å². The molecule has 0 spiro atoms. The van der Waals surface area contributed by atoms with Crippen LogP contribution in [0.2, 0.25) is 0 Å². The van der Waals surface area contributed by atoms with Crippen LogP contribution in [0.25, 0.3) is 16.5 Å². The van der Waals surface area contributed by atoms with Crippen LogP contribution in [0.3, 0.4) is 0 Å². The molecular weight excluding hydrogens is 402 g/mol. The quantitative estimate of drug-likeness (QED) is 0.220. The molecule has 2 amide bonds. The molecule has 0 N–H and O–H groups in total. The van der Waals surface area contributed by atoms with E-state index in [9.17, 15) is 24.7 Å². The monoisotopic (exact) mass is 425 g/mol. The summed E-state index contributed by atoms with van der Waals surface area (Å²) >= 11 is 0. The number of amides is 2. The predicted octanol–water partition coefficient (Wildman–Crippen LogP) is 2.32. The molecule has 2 aromatic rings. The minimum Gasteiger partial charge on any atom is -0.464 e. The van der Waals surface area contributed by atoms with E-state index in [0.29, 0.717) is 17.6 Å². The Morgan fingerprint density at radius 1 is 1.26 bits per heavy atom. The standard InChI is InChI=1S/C22H23N3O6/c1-3-22(19(27)18(24-23)20(28)30-4-2)10-7-11-25(21(22)29)17(26)12-14-13-31-16-9-6-5-8-15(14)16/h5-6,8-9,13H,3-4,7,10-12H2,1-2H3. The fourth-order valence-electron chi connectivity index (χ4n) is 3.98. The van der Waals surface area contributed by atoms with E-state index in [-0.39, 0.29) is 32.4 Å². The molecule has 162 valence electrons. The summed E-state index contributed by atoms with van der Waals surface area (Å²) in [6, 6.07) is 7.24. The Kier molecular flexibility index (Phi) is 6.46. The zero-order valence-corrected chi connectivity index (χ0v) is 17.4. The van der Waals surface area contributed by atoms with Crippen LogP contribution in [0.5, 0.6) is 0 Å². The topological polar surface area (TPSA) is 130 Å². The van der Waals surface area contributed by atoms with Crippen molar-refractivity contribution in [2.24, 2.45) is 5.41 Å². The van der Waals surface area contributed by atoms with Crippen LogP contribution in [0.1, 0.15) is 38.7 Å². The molecule has 1 aliphatic rings. The molecule has 2 heterocycles. The number of hydrogen-bond donors (Lipinski definition) is 0. The molecule has 3 rings (SSSR count). The highest BCUT2D eigenvalue weighted by atomic mass is 16.5. The molecule has 1 aromatic heterocycles. The molecule has 1 saturated heterocycles. The van der Waals surface area contributed by atoms with Gasteiger partial charge in [-0.2, -0.15) is 4.79 Å². The molecule has 0 bridgehead atoms. The third-order valence-electron chi connectivity index (χ3n) is 5.67. The Balaban J connectivity index is 1.87. The number of imide groups is 1. The van der Waals surface area contributed by atoms with Gasteiger partial charge in [-0.1, -0.05) is 25.1 Å². The molecule has 1 fully saturated rings. The molecule has 1 aliphatic heterocycles. The third-order valence-corrected chi connectivity index (χ3v) is 5.67. The summed E-state index contributed by atoms with van der Waals surface area (Å²) in [5, 5.41) is 0.773. The highest BCUT2D eigenvalue weighted by molar-refractivity contribution is 6.64. The number of piperidine rings is 1. The van der Waals surface area contributed by atoms with Gasteiger partial charge >= 0.3 is 11.7 Å². The first-order chi connectivity index (χ1) is 14.9. The van der Waals surface area contributed by atoms with E-state index < -0.39 is 34.7 Å². The lowest BCUT2D eigenvalue weighted by Gasteiger charge is -2.37. The zero-order valence-electron chi connectivity index (χ0n) is 17.4. The van der Waals surface area contributed by atoms with Crippen molar-refractivity contribution in [3.63, 3.8) is 0 Å². The highest BCUT2D eigenvalue weighted by Gasteiger charge is 2.55. The first kappa shape index (κ1) is 22.1. The molecule has 1 aromatic carbocycles. The number of Topliss-reactive ketones (excluding diaryl/α,β-unsaturated/α-hetero) is 1. The zero-order chi connectivity index (χ0) is 22.6. The second kappa shape index (κ2) is 9.06. The van der Waals surface area contributed by atoms with Gasteiger partial charge in [-0.15, -0.1) is 0 Å². The lowest BCUT2D eigenvalue weighted by atomic mass is 9.71.